The molecule has 0 saturated carbocycles. The second-order valence-electron chi connectivity index (χ2n) is 3.45. The third-order valence-corrected chi connectivity index (χ3v) is 3.02. The number of amides is 1. The molecule has 6 heteroatoms. The molecule has 0 atom stereocenters. The summed E-state index contributed by atoms with van der Waals surface area (Å²) in [6.45, 7) is 6.45. The second-order valence-corrected chi connectivity index (χ2v) is 5.18. The van der Waals surface area contributed by atoms with Crippen molar-refractivity contribution in [2.24, 2.45) is 0 Å². The van der Waals surface area contributed by atoms with E-state index in [1.165, 1.54) is 0 Å². The van der Waals surface area contributed by atoms with Crippen molar-refractivity contribution in [3.63, 3.8) is 0 Å². The lowest BCUT2D eigenvalue weighted by molar-refractivity contribution is -0.117. The molecule has 14 heavy (non-hydrogen) atoms. The molecule has 0 fully saturated rings. The molecule has 0 saturated heterocycles. The third kappa shape index (κ3) is 4.98. The zero-order valence-electron chi connectivity index (χ0n) is 8.53. The van der Waals surface area contributed by atoms with Crippen LogP contribution in [0.5, 0.6) is 0 Å². The largest absolute Gasteiger partial charge is 0.347 e. The van der Waals surface area contributed by atoms with Gasteiger partial charge in [0, 0.05) is 0 Å². The summed E-state index contributed by atoms with van der Waals surface area (Å²) in [5, 5.41) is 2.48. The van der Waals surface area contributed by atoms with E-state index >= 15 is 0 Å². The lowest BCUT2D eigenvalue weighted by Crippen LogP contribution is -2.47. The van der Waals surface area contributed by atoms with Crippen molar-refractivity contribution >= 4 is 16.0 Å². The summed E-state index contributed by atoms with van der Waals surface area (Å²) >= 11 is 0. The highest BCUT2D eigenvalue weighted by Gasteiger charge is 2.26. The Morgan fingerprint density at radius 3 is 2.43 bits per heavy atom. The number of hydrogen-bond donors (Lipinski definition) is 1. The lowest BCUT2D eigenvalue weighted by atomic mass is 10.1. The zero-order chi connectivity index (χ0) is 11.4. The highest BCUT2D eigenvalue weighted by molar-refractivity contribution is 7.86. The van der Waals surface area contributed by atoms with E-state index in [0.717, 1.165) is 13.2 Å². The predicted octanol–water partition coefficient (Wildman–Crippen LogP) is 0.0434. The molecule has 1 amide bonds. The second kappa shape index (κ2) is 4.56. The highest BCUT2D eigenvalue weighted by Crippen LogP contribution is 2.07. The molecule has 82 valence electrons. The standard InChI is InChI=1S/C8H15NO4S/c1-5-7(10)9-8(2,3)6-14(11,12)13-4/h5H,1,6H2,2-4H3,(H,9,10). The summed E-state index contributed by atoms with van der Waals surface area (Å²) in [6.07, 6.45) is 1.08. The molecular formula is C8H15NO4S. The summed E-state index contributed by atoms with van der Waals surface area (Å²) < 4.78 is 26.5. The minimum Gasteiger partial charge on any atom is -0.347 e. The molecule has 0 aromatic heterocycles. The third-order valence-electron chi connectivity index (χ3n) is 1.44. The molecule has 0 aromatic carbocycles. The summed E-state index contributed by atoms with van der Waals surface area (Å²) in [7, 11) is -2.50. The Morgan fingerprint density at radius 2 is 2.07 bits per heavy atom. The fraction of sp³-hybridized carbons (Fsp3) is 0.625. The molecule has 0 heterocycles. The summed E-state index contributed by atoms with van der Waals surface area (Å²) in [5.74, 6) is -0.697. The fourth-order valence-corrected chi connectivity index (χ4v) is 2.00. The van der Waals surface area contributed by atoms with Gasteiger partial charge in [-0.1, -0.05) is 6.58 Å². The van der Waals surface area contributed by atoms with Gasteiger partial charge in [0.15, 0.2) is 0 Å². The van der Waals surface area contributed by atoms with Crippen LogP contribution < -0.4 is 5.32 Å². The number of carbonyl (C=O) groups is 1. The van der Waals surface area contributed by atoms with Crippen LogP contribution >= 0.6 is 0 Å². The smallest absolute Gasteiger partial charge is 0.269 e. The first kappa shape index (κ1) is 13.1. The first-order valence-electron chi connectivity index (χ1n) is 3.95. The van der Waals surface area contributed by atoms with Crippen molar-refractivity contribution in [3.05, 3.63) is 12.7 Å². The SMILES string of the molecule is C=CC(=O)NC(C)(C)CS(=O)(=O)OC. The van der Waals surface area contributed by atoms with Gasteiger partial charge in [-0.2, -0.15) is 8.42 Å². The fourth-order valence-electron chi connectivity index (χ4n) is 0.921. The van der Waals surface area contributed by atoms with E-state index in [0.29, 0.717) is 0 Å². The first-order chi connectivity index (χ1) is 6.22. The van der Waals surface area contributed by atoms with Crippen molar-refractivity contribution in [1.82, 2.24) is 5.32 Å². The molecule has 0 aliphatic carbocycles. The maximum atomic E-state index is 11.1. The molecule has 0 spiro atoms. The minimum absolute atomic E-state index is 0.282. The van der Waals surface area contributed by atoms with Gasteiger partial charge in [0.1, 0.15) is 0 Å². The molecule has 0 bridgehead atoms. The molecule has 0 aliphatic rings. The van der Waals surface area contributed by atoms with Crippen LogP contribution in [-0.4, -0.2) is 32.7 Å². The van der Waals surface area contributed by atoms with Crippen LogP contribution in [0.25, 0.3) is 0 Å². The maximum absolute atomic E-state index is 11.1. The van der Waals surface area contributed by atoms with Gasteiger partial charge in [-0.15, -0.1) is 0 Å². The summed E-state index contributed by atoms with van der Waals surface area (Å²) in [5.41, 5.74) is -0.875. The van der Waals surface area contributed by atoms with Gasteiger partial charge in [-0.25, -0.2) is 0 Å². The van der Waals surface area contributed by atoms with E-state index < -0.39 is 21.6 Å². The molecular weight excluding hydrogens is 206 g/mol. The van der Waals surface area contributed by atoms with E-state index in [4.69, 9.17) is 0 Å². The Hall–Kier alpha value is -0.880. The van der Waals surface area contributed by atoms with Crippen molar-refractivity contribution in [3.8, 4) is 0 Å². The van der Waals surface area contributed by atoms with Crippen LogP contribution in [0.2, 0.25) is 0 Å². The lowest BCUT2D eigenvalue weighted by Gasteiger charge is -2.24. The van der Waals surface area contributed by atoms with Gasteiger partial charge in [0.25, 0.3) is 10.1 Å². The van der Waals surface area contributed by atoms with E-state index in [9.17, 15) is 13.2 Å². The van der Waals surface area contributed by atoms with E-state index in [1.54, 1.807) is 13.8 Å². The Balaban J connectivity index is 4.49. The van der Waals surface area contributed by atoms with Crippen LogP contribution in [-0.2, 0) is 19.1 Å². The van der Waals surface area contributed by atoms with Crippen LogP contribution in [0.4, 0.5) is 0 Å². The van der Waals surface area contributed by atoms with Crippen LogP contribution in [0.3, 0.4) is 0 Å². The van der Waals surface area contributed by atoms with Gasteiger partial charge < -0.3 is 5.32 Å². The monoisotopic (exact) mass is 221 g/mol. The topological polar surface area (TPSA) is 72.5 Å². The van der Waals surface area contributed by atoms with Crippen molar-refractivity contribution in [2.75, 3.05) is 12.9 Å². The van der Waals surface area contributed by atoms with Crippen LogP contribution in [0.1, 0.15) is 13.8 Å². The highest BCUT2D eigenvalue weighted by atomic mass is 32.2. The predicted molar refractivity (Wildman–Crippen MR) is 53.2 cm³/mol. The van der Waals surface area contributed by atoms with E-state index in [1.807, 2.05) is 0 Å². The Bertz CT molecular complexity index is 318. The van der Waals surface area contributed by atoms with Crippen molar-refractivity contribution < 1.29 is 17.4 Å². The molecule has 0 aliphatic heterocycles. The van der Waals surface area contributed by atoms with E-state index in [-0.39, 0.29) is 5.75 Å². The molecule has 0 unspecified atom stereocenters. The minimum atomic E-state index is -3.58. The van der Waals surface area contributed by atoms with Gasteiger partial charge >= 0.3 is 0 Å². The Morgan fingerprint density at radius 1 is 1.57 bits per heavy atom. The Labute approximate surface area is 84.3 Å². The first-order valence-corrected chi connectivity index (χ1v) is 5.53. The van der Waals surface area contributed by atoms with Crippen LogP contribution in [0.15, 0.2) is 12.7 Å². The van der Waals surface area contributed by atoms with Crippen molar-refractivity contribution in [1.29, 1.82) is 0 Å². The number of carbonyl (C=O) groups excluding carboxylic acids is 1. The average molecular weight is 221 g/mol. The Kier molecular flexibility index (Phi) is 4.28. The number of rotatable bonds is 5. The van der Waals surface area contributed by atoms with Gasteiger partial charge in [0.2, 0.25) is 5.91 Å². The number of nitrogens with one attached hydrogen (secondary N) is 1. The summed E-state index contributed by atoms with van der Waals surface area (Å²) in [4.78, 5) is 10.9. The van der Waals surface area contributed by atoms with Gasteiger partial charge in [-0.3, -0.25) is 8.98 Å². The van der Waals surface area contributed by atoms with Crippen LogP contribution in [0, 0.1) is 0 Å². The summed E-state index contributed by atoms with van der Waals surface area (Å²) in [6, 6.07) is 0. The van der Waals surface area contributed by atoms with Gasteiger partial charge in [-0.05, 0) is 19.9 Å². The zero-order valence-corrected chi connectivity index (χ0v) is 9.35. The normalized spacial score (nSPS) is 12.2. The quantitative estimate of drug-likeness (QED) is 0.525. The molecule has 0 rings (SSSR count). The number of hydrogen-bond acceptors (Lipinski definition) is 4. The average Bonchev–Trinajstić information content (AvgIpc) is 2.01. The van der Waals surface area contributed by atoms with Gasteiger partial charge in [0.05, 0.1) is 18.4 Å². The van der Waals surface area contributed by atoms with Crippen molar-refractivity contribution in [2.45, 2.75) is 19.4 Å². The van der Waals surface area contributed by atoms with E-state index in [2.05, 4.69) is 16.1 Å². The molecule has 5 nitrogen and oxygen atoms in total. The molecule has 0 radical (unpaired) electrons. The molecule has 0 aromatic rings. The maximum Gasteiger partial charge on any atom is 0.269 e. The molecule has 1 N–H and O–H groups in total.